The van der Waals surface area contributed by atoms with E-state index in [2.05, 4.69) is 100 Å². The van der Waals surface area contributed by atoms with Crippen molar-refractivity contribution in [1.29, 1.82) is 0 Å². The second-order valence-electron chi connectivity index (χ2n) is 16.0. The number of aromatic amines is 1. The van der Waals surface area contributed by atoms with Gasteiger partial charge in [0.1, 0.15) is 35.6 Å². The summed E-state index contributed by atoms with van der Waals surface area (Å²) in [4.78, 5) is 29.5. The smallest absolute Gasteiger partial charge is 0.181 e. The molecule has 12 nitrogen and oxygen atoms in total. The van der Waals surface area contributed by atoms with Crippen LogP contribution in [0.3, 0.4) is 0 Å². The van der Waals surface area contributed by atoms with Crippen LogP contribution in [0.25, 0.3) is 44.8 Å². The highest BCUT2D eigenvalue weighted by atomic mass is 32.2. The number of ether oxygens (including phenoxy) is 1. The van der Waals surface area contributed by atoms with Crippen LogP contribution in [0.2, 0.25) is 0 Å². The van der Waals surface area contributed by atoms with Crippen LogP contribution in [0, 0.1) is 0 Å². The number of hydrogen-bond acceptors (Lipinski definition) is 9. The Morgan fingerprint density at radius 3 is 2.07 bits per heavy atom. The van der Waals surface area contributed by atoms with Gasteiger partial charge >= 0.3 is 0 Å². The fourth-order valence-electron chi connectivity index (χ4n) is 7.33. The van der Waals surface area contributed by atoms with Gasteiger partial charge in [-0.25, -0.2) is 38.8 Å². The van der Waals surface area contributed by atoms with Gasteiger partial charge in [-0.2, -0.15) is 0 Å². The van der Waals surface area contributed by atoms with E-state index >= 15 is 0 Å². The molecule has 4 aromatic carbocycles. The molecular weight excluding hydrogens is 769 g/mol. The molecule has 0 spiro atoms. The third-order valence-corrected chi connectivity index (χ3v) is 12.2. The highest BCUT2D eigenvalue weighted by Crippen LogP contribution is 2.31. The van der Waals surface area contributed by atoms with Crippen LogP contribution in [0.5, 0.6) is 0 Å². The first-order valence-corrected chi connectivity index (χ1v) is 21.5. The molecule has 1 fully saturated rings. The molecule has 1 saturated heterocycles. The number of hydrogen-bond donors (Lipinski definition) is 3. The van der Waals surface area contributed by atoms with E-state index in [1.165, 1.54) is 17.5 Å². The number of H-pyrrole nitrogens is 1. The van der Waals surface area contributed by atoms with Crippen LogP contribution < -0.4 is 10.5 Å². The first-order chi connectivity index (χ1) is 29.2. The molecule has 13 heteroatoms. The predicted octanol–water partition coefficient (Wildman–Crippen LogP) is 8.79. The molecule has 0 aliphatic carbocycles. The largest absolute Gasteiger partial charge is 0.358 e. The molecule has 0 bridgehead atoms. The van der Waals surface area contributed by atoms with Gasteiger partial charge in [0, 0.05) is 29.8 Å². The van der Waals surface area contributed by atoms with E-state index in [4.69, 9.17) is 10.5 Å². The van der Waals surface area contributed by atoms with Gasteiger partial charge in [-0.15, -0.1) is 0 Å². The van der Waals surface area contributed by atoms with Crippen molar-refractivity contribution in [2.24, 2.45) is 5.73 Å². The van der Waals surface area contributed by atoms with E-state index in [-0.39, 0.29) is 23.1 Å². The van der Waals surface area contributed by atoms with E-state index < -0.39 is 11.0 Å². The van der Waals surface area contributed by atoms with Crippen molar-refractivity contribution in [3.8, 4) is 22.5 Å². The first kappa shape index (κ1) is 40.8. The molecule has 4 aromatic heterocycles. The standard InChI is InChI=1S/C28H33N5O2S.C19H17N5/c1-28(2,3)36(34)32-23(17-20-9-5-4-6-10-20)21-12-14-22(15-13-21)25-26-27(30-18-29-25)33(19-31-26)24-11-7-8-16-35-24;20-16(10-13-4-2-1-3-5-13)14-6-8-15(9-7-14)17-18-19(23-11-21-17)24-12-22-18/h4-6,9-10,12-15,18-19,23-24,32H,7-8,11,16-17H2,1-3H3;1-9,11-12,16H,10,20H2,(H,21,22,23,24). The molecule has 0 saturated carbocycles. The Morgan fingerprint density at radius 2 is 1.40 bits per heavy atom. The molecule has 4 N–H and O–H groups in total. The molecular formula is C47H50N10O2S. The van der Waals surface area contributed by atoms with Crippen molar-refractivity contribution in [2.75, 3.05) is 6.61 Å². The summed E-state index contributed by atoms with van der Waals surface area (Å²) in [5.41, 5.74) is 17.7. The van der Waals surface area contributed by atoms with Crippen LogP contribution in [-0.2, 0) is 28.6 Å². The van der Waals surface area contributed by atoms with Crippen molar-refractivity contribution in [2.45, 2.75) is 75.9 Å². The zero-order chi connectivity index (χ0) is 41.5. The SMILES string of the molecule is CC(C)(C)S(=O)NC(Cc1ccccc1)c1ccc(-c2ncnc3c2ncn3C2CCCCO2)cc1.NC(Cc1ccccc1)c1ccc(-c2ncnc3nc[nH]c23)cc1. The lowest BCUT2D eigenvalue weighted by molar-refractivity contribution is -0.0298. The number of fused-ring (bicyclic) bond motifs is 2. The number of benzene rings is 4. The van der Waals surface area contributed by atoms with Crippen LogP contribution in [-0.4, -0.2) is 55.0 Å². The minimum absolute atomic E-state index is 0.0256. The van der Waals surface area contributed by atoms with Gasteiger partial charge in [0.15, 0.2) is 11.3 Å². The summed E-state index contributed by atoms with van der Waals surface area (Å²) < 4.78 is 24.0. The number of rotatable bonds is 11. The maximum atomic E-state index is 13.0. The van der Waals surface area contributed by atoms with Gasteiger partial charge in [0.05, 0.1) is 34.1 Å². The molecule has 0 radical (unpaired) electrons. The summed E-state index contributed by atoms with van der Waals surface area (Å²) in [6.45, 7) is 6.71. The number of nitrogens with two attached hydrogens (primary N) is 1. The quantitative estimate of drug-likeness (QED) is 0.116. The summed E-state index contributed by atoms with van der Waals surface area (Å²) in [6.07, 6.45) is 11.3. The number of aromatic nitrogens is 8. The van der Waals surface area contributed by atoms with Crippen molar-refractivity contribution < 1.29 is 8.95 Å². The Kier molecular flexibility index (Phi) is 12.6. The minimum Gasteiger partial charge on any atom is -0.358 e. The molecule has 306 valence electrons. The summed E-state index contributed by atoms with van der Waals surface area (Å²) in [5.74, 6) is 0. The molecule has 8 aromatic rings. The van der Waals surface area contributed by atoms with Crippen LogP contribution in [0.4, 0.5) is 0 Å². The number of nitrogens with one attached hydrogen (secondary N) is 2. The average molecular weight is 819 g/mol. The van der Waals surface area contributed by atoms with Gasteiger partial charge in [0.2, 0.25) is 0 Å². The molecule has 9 rings (SSSR count). The van der Waals surface area contributed by atoms with Crippen molar-refractivity contribution >= 4 is 33.3 Å². The lowest BCUT2D eigenvalue weighted by Crippen LogP contribution is -2.36. The van der Waals surface area contributed by atoms with Gasteiger partial charge in [-0.05, 0) is 75.1 Å². The number of nitrogens with zero attached hydrogens (tertiary/aromatic N) is 7. The third kappa shape index (κ3) is 9.55. The summed E-state index contributed by atoms with van der Waals surface area (Å²) in [5, 5.41) is 0. The summed E-state index contributed by atoms with van der Waals surface area (Å²) in [7, 11) is -1.20. The van der Waals surface area contributed by atoms with Crippen molar-refractivity contribution in [3.63, 3.8) is 0 Å². The Balaban J connectivity index is 0.000000180. The second-order valence-corrected chi connectivity index (χ2v) is 18.0. The zero-order valence-corrected chi connectivity index (χ0v) is 34.9. The fraction of sp³-hybridized carbons (Fsp3) is 0.277. The predicted molar refractivity (Wildman–Crippen MR) is 238 cm³/mol. The second kappa shape index (κ2) is 18.5. The van der Waals surface area contributed by atoms with Crippen molar-refractivity contribution in [1.82, 2.24) is 44.2 Å². The number of imidazole rings is 2. The topological polar surface area (TPSA) is 162 Å². The Hall–Kier alpha value is -5.99. The minimum atomic E-state index is -1.20. The van der Waals surface area contributed by atoms with Crippen LogP contribution in [0.15, 0.2) is 135 Å². The molecule has 4 unspecified atom stereocenters. The van der Waals surface area contributed by atoms with Crippen LogP contribution in [0.1, 0.15) is 80.6 Å². The van der Waals surface area contributed by atoms with Gasteiger partial charge in [-0.3, -0.25) is 4.57 Å². The highest BCUT2D eigenvalue weighted by molar-refractivity contribution is 7.84. The molecule has 1 aliphatic heterocycles. The first-order valence-electron chi connectivity index (χ1n) is 20.4. The van der Waals surface area contributed by atoms with Crippen molar-refractivity contribution in [3.05, 3.63) is 157 Å². The van der Waals surface area contributed by atoms with E-state index in [0.717, 1.165) is 89.0 Å². The zero-order valence-electron chi connectivity index (χ0n) is 34.1. The fourth-order valence-corrected chi connectivity index (χ4v) is 8.16. The van der Waals surface area contributed by atoms with Gasteiger partial charge in [0.25, 0.3) is 0 Å². The molecule has 4 atom stereocenters. The van der Waals surface area contributed by atoms with E-state index in [1.54, 1.807) is 12.7 Å². The molecule has 1 aliphatic rings. The van der Waals surface area contributed by atoms with Gasteiger partial charge < -0.3 is 15.5 Å². The highest BCUT2D eigenvalue weighted by Gasteiger charge is 2.25. The average Bonchev–Trinajstić information content (AvgIpc) is 3.95. The normalized spacial score (nSPS) is 15.9. The lowest BCUT2D eigenvalue weighted by Gasteiger charge is -2.25. The Bertz CT molecular complexity index is 2640. The Labute approximate surface area is 352 Å². The van der Waals surface area contributed by atoms with E-state index in [9.17, 15) is 4.21 Å². The van der Waals surface area contributed by atoms with Gasteiger partial charge in [-0.1, -0.05) is 109 Å². The lowest BCUT2D eigenvalue weighted by atomic mass is 9.98. The third-order valence-electron chi connectivity index (χ3n) is 10.6. The maximum absolute atomic E-state index is 13.0. The molecule has 60 heavy (non-hydrogen) atoms. The maximum Gasteiger partial charge on any atom is 0.181 e. The van der Waals surface area contributed by atoms with E-state index in [0.29, 0.717) is 5.65 Å². The monoisotopic (exact) mass is 818 g/mol. The summed E-state index contributed by atoms with van der Waals surface area (Å²) >= 11 is 0. The van der Waals surface area contributed by atoms with E-state index in [1.807, 2.05) is 80.2 Å². The Morgan fingerprint density at radius 1 is 0.767 bits per heavy atom. The molecule has 5 heterocycles. The molecule has 0 amide bonds. The summed E-state index contributed by atoms with van der Waals surface area (Å²) in [6, 6.07) is 37.0. The van der Waals surface area contributed by atoms with Crippen LogP contribution >= 0.6 is 0 Å².